The van der Waals surface area contributed by atoms with E-state index in [1.807, 2.05) is 6.92 Å². The summed E-state index contributed by atoms with van der Waals surface area (Å²) in [5.41, 5.74) is 6.32. The number of hydrogen-bond donors (Lipinski definition) is 2. The first-order chi connectivity index (χ1) is 9.63. The van der Waals surface area contributed by atoms with Crippen molar-refractivity contribution in [2.75, 3.05) is 19.8 Å². The molecule has 0 aromatic heterocycles. The van der Waals surface area contributed by atoms with E-state index >= 15 is 0 Å². The number of ether oxygens (including phenoxy) is 1. The quantitative estimate of drug-likeness (QED) is 0.351. The summed E-state index contributed by atoms with van der Waals surface area (Å²) in [4.78, 5) is 0. The highest BCUT2D eigenvalue weighted by atomic mass is 32.1. The third kappa shape index (κ3) is 6.63. The number of hydrazone groups is 1. The van der Waals surface area contributed by atoms with E-state index in [0.717, 1.165) is 31.7 Å². The zero-order chi connectivity index (χ0) is 14.8. The van der Waals surface area contributed by atoms with Crippen LogP contribution in [0.4, 0.5) is 0 Å². The van der Waals surface area contributed by atoms with E-state index in [1.165, 1.54) is 11.1 Å². The zero-order valence-corrected chi connectivity index (χ0v) is 13.2. The minimum Gasteiger partial charge on any atom is -0.382 e. The molecule has 110 valence electrons. The minimum absolute atomic E-state index is 0.531. The molecule has 1 rings (SSSR count). The SMILES string of the molecule is CCOCCCNC(=S)N/N=C\c1cc(C)ccc1C. The van der Waals surface area contributed by atoms with E-state index < -0.39 is 0 Å². The third-order valence-electron chi connectivity index (χ3n) is 2.76. The predicted octanol–water partition coefficient (Wildman–Crippen LogP) is 2.53. The molecule has 0 spiro atoms. The molecule has 1 aromatic rings. The van der Waals surface area contributed by atoms with E-state index in [2.05, 4.69) is 47.9 Å². The lowest BCUT2D eigenvalue weighted by Crippen LogP contribution is -2.33. The van der Waals surface area contributed by atoms with Crippen LogP contribution in [-0.4, -0.2) is 31.1 Å². The van der Waals surface area contributed by atoms with Crippen molar-refractivity contribution in [3.8, 4) is 0 Å². The van der Waals surface area contributed by atoms with Gasteiger partial charge in [0.25, 0.3) is 0 Å². The molecular formula is C15H23N3OS. The van der Waals surface area contributed by atoms with E-state index in [9.17, 15) is 0 Å². The van der Waals surface area contributed by atoms with Gasteiger partial charge in [-0.3, -0.25) is 5.43 Å². The third-order valence-corrected chi connectivity index (χ3v) is 3.00. The first kappa shape index (κ1) is 16.6. The van der Waals surface area contributed by atoms with E-state index in [4.69, 9.17) is 17.0 Å². The second kappa shape index (κ2) is 9.44. The highest BCUT2D eigenvalue weighted by molar-refractivity contribution is 7.80. The van der Waals surface area contributed by atoms with Gasteiger partial charge in [0.15, 0.2) is 5.11 Å². The Morgan fingerprint density at radius 2 is 2.20 bits per heavy atom. The Morgan fingerprint density at radius 1 is 1.40 bits per heavy atom. The molecule has 0 aliphatic carbocycles. The first-order valence-electron chi connectivity index (χ1n) is 6.85. The molecular weight excluding hydrogens is 270 g/mol. The summed E-state index contributed by atoms with van der Waals surface area (Å²) in [6.45, 7) is 8.40. The Kier molecular flexibility index (Phi) is 7.84. The van der Waals surface area contributed by atoms with Crippen LogP contribution in [0.1, 0.15) is 30.0 Å². The standard InChI is InChI=1S/C15H23N3OS/c1-4-19-9-5-8-16-15(20)18-17-11-14-10-12(2)6-7-13(14)3/h6-7,10-11H,4-5,8-9H2,1-3H3,(H2,16,18,20)/b17-11-. The molecule has 0 saturated carbocycles. The molecule has 0 fully saturated rings. The maximum Gasteiger partial charge on any atom is 0.186 e. The Morgan fingerprint density at radius 3 is 2.95 bits per heavy atom. The van der Waals surface area contributed by atoms with Gasteiger partial charge in [-0.25, -0.2) is 0 Å². The largest absolute Gasteiger partial charge is 0.382 e. The van der Waals surface area contributed by atoms with Gasteiger partial charge in [0.2, 0.25) is 0 Å². The molecule has 0 radical (unpaired) electrons. The first-order valence-corrected chi connectivity index (χ1v) is 7.26. The monoisotopic (exact) mass is 293 g/mol. The van der Waals surface area contributed by atoms with Crippen LogP contribution < -0.4 is 10.7 Å². The van der Waals surface area contributed by atoms with Gasteiger partial charge >= 0.3 is 0 Å². The van der Waals surface area contributed by atoms with Crippen molar-refractivity contribution in [1.82, 2.24) is 10.7 Å². The lowest BCUT2D eigenvalue weighted by molar-refractivity contribution is 0.145. The fraction of sp³-hybridized carbons (Fsp3) is 0.467. The van der Waals surface area contributed by atoms with Crippen molar-refractivity contribution < 1.29 is 4.74 Å². The summed E-state index contributed by atoms with van der Waals surface area (Å²) in [7, 11) is 0. The molecule has 0 atom stereocenters. The molecule has 2 N–H and O–H groups in total. The van der Waals surface area contributed by atoms with Crippen LogP contribution in [0.2, 0.25) is 0 Å². The second-order valence-corrected chi connectivity index (χ2v) is 4.94. The number of hydrogen-bond acceptors (Lipinski definition) is 3. The normalized spacial score (nSPS) is 10.8. The van der Waals surface area contributed by atoms with Gasteiger partial charge in [0.1, 0.15) is 0 Å². The van der Waals surface area contributed by atoms with Crippen LogP contribution in [0, 0.1) is 13.8 Å². The Hall–Kier alpha value is -1.46. The summed E-state index contributed by atoms with van der Waals surface area (Å²) in [5.74, 6) is 0. The second-order valence-electron chi connectivity index (χ2n) is 4.54. The number of aryl methyl sites for hydroxylation is 2. The van der Waals surface area contributed by atoms with Gasteiger partial charge in [-0.15, -0.1) is 0 Å². The lowest BCUT2D eigenvalue weighted by atomic mass is 10.1. The fourth-order valence-corrected chi connectivity index (χ4v) is 1.77. The highest BCUT2D eigenvalue weighted by Gasteiger charge is 1.96. The van der Waals surface area contributed by atoms with Crippen molar-refractivity contribution in [2.24, 2.45) is 5.10 Å². The number of nitrogens with zero attached hydrogens (tertiary/aromatic N) is 1. The number of rotatable bonds is 7. The van der Waals surface area contributed by atoms with Crippen molar-refractivity contribution in [2.45, 2.75) is 27.2 Å². The van der Waals surface area contributed by atoms with Crippen LogP contribution in [-0.2, 0) is 4.74 Å². The van der Waals surface area contributed by atoms with Crippen molar-refractivity contribution in [3.05, 3.63) is 34.9 Å². The van der Waals surface area contributed by atoms with Crippen molar-refractivity contribution in [1.29, 1.82) is 0 Å². The summed E-state index contributed by atoms with van der Waals surface area (Å²) >= 11 is 5.13. The zero-order valence-electron chi connectivity index (χ0n) is 12.4. The lowest BCUT2D eigenvalue weighted by Gasteiger charge is -2.07. The average molecular weight is 293 g/mol. The van der Waals surface area contributed by atoms with Crippen LogP contribution in [0.15, 0.2) is 23.3 Å². The molecule has 0 amide bonds. The molecule has 5 heteroatoms. The summed E-state index contributed by atoms with van der Waals surface area (Å²) in [5, 5.41) is 7.76. The van der Waals surface area contributed by atoms with Gasteiger partial charge in [-0.05, 0) is 50.5 Å². The Bertz CT molecular complexity index is 460. The van der Waals surface area contributed by atoms with Crippen molar-refractivity contribution >= 4 is 23.5 Å². The van der Waals surface area contributed by atoms with Crippen molar-refractivity contribution in [3.63, 3.8) is 0 Å². The maximum absolute atomic E-state index is 5.25. The molecule has 20 heavy (non-hydrogen) atoms. The molecule has 0 bridgehead atoms. The molecule has 1 aromatic carbocycles. The smallest absolute Gasteiger partial charge is 0.186 e. The Balaban J connectivity index is 2.29. The van der Waals surface area contributed by atoms with Gasteiger partial charge in [0.05, 0.1) is 6.21 Å². The van der Waals surface area contributed by atoms with Crippen LogP contribution in [0.3, 0.4) is 0 Å². The number of benzene rings is 1. The van der Waals surface area contributed by atoms with E-state index in [1.54, 1.807) is 6.21 Å². The molecule has 0 aliphatic rings. The maximum atomic E-state index is 5.25. The molecule has 4 nitrogen and oxygen atoms in total. The molecule has 0 saturated heterocycles. The minimum atomic E-state index is 0.531. The molecule has 0 aliphatic heterocycles. The molecule has 0 unspecified atom stereocenters. The predicted molar refractivity (Wildman–Crippen MR) is 88.4 cm³/mol. The van der Waals surface area contributed by atoms with Gasteiger partial charge < -0.3 is 10.1 Å². The molecule has 0 heterocycles. The van der Waals surface area contributed by atoms with Gasteiger partial charge in [-0.1, -0.05) is 23.8 Å². The summed E-state index contributed by atoms with van der Waals surface area (Å²) < 4.78 is 5.25. The van der Waals surface area contributed by atoms with Crippen LogP contribution >= 0.6 is 12.2 Å². The average Bonchev–Trinajstić information content (AvgIpc) is 2.42. The van der Waals surface area contributed by atoms with Crippen LogP contribution in [0.25, 0.3) is 0 Å². The van der Waals surface area contributed by atoms with E-state index in [0.29, 0.717) is 5.11 Å². The van der Waals surface area contributed by atoms with Crippen LogP contribution in [0.5, 0.6) is 0 Å². The fourth-order valence-electron chi connectivity index (χ4n) is 1.62. The number of thiocarbonyl (C=S) groups is 1. The van der Waals surface area contributed by atoms with Gasteiger partial charge in [-0.2, -0.15) is 5.10 Å². The summed E-state index contributed by atoms with van der Waals surface area (Å²) in [6, 6.07) is 6.27. The Labute approximate surface area is 126 Å². The van der Waals surface area contributed by atoms with E-state index in [-0.39, 0.29) is 0 Å². The topological polar surface area (TPSA) is 45.6 Å². The number of nitrogens with one attached hydrogen (secondary N) is 2. The summed E-state index contributed by atoms with van der Waals surface area (Å²) in [6.07, 6.45) is 2.72. The van der Waals surface area contributed by atoms with Gasteiger partial charge in [0, 0.05) is 19.8 Å². The highest BCUT2D eigenvalue weighted by Crippen LogP contribution is 2.07.